The molecule has 0 saturated heterocycles. The van der Waals surface area contributed by atoms with Crippen LogP contribution in [-0.4, -0.2) is 30.1 Å². The molecule has 0 radical (unpaired) electrons. The van der Waals surface area contributed by atoms with Gasteiger partial charge in [-0.05, 0) is 44.6 Å². The minimum atomic E-state index is 0.387. The van der Waals surface area contributed by atoms with Crippen LogP contribution in [0.25, 0.3) is 0 Å². The lowest BCUT2D eigenvalue weighted by Gasteiger charge is -2.41. The maximum atomic E-state index is 6.05. The normalized spacial score (nSPS) is 25.0. The lowest BCUT2D eigenvalue weighted by molar-refractivity contribution is 0.0931. The summed E-state index contributed by atoms with van der Waals surface area (Å²) in [5, 5.41) is 0. The number of hydrogen-bond donors (Lipinski definition) is 1. The highest BCUT2D eigenvalue weighted by Gasteiger charge is 2.39. The lowest BCUT2D eigenvalue weighted by Crippen LogP contribution is -2.53. The smallest absolute Gasteiger partial charge is 0.0331 e. The molecule has 0 unspecified atom stereocenters. The second-order valence-corrected chi connectivity index (χ2v) is 5.52. The first-order valence-corrected chi connectivity index (χ1v) is 6.76. The molecule has 2 rings (SSSR count). The summed E-state index contributed by atoms with van der Waals surface area (Å²) in [7, 11) is 0. The molecule has 88 valence electrons. The first-order valence-electron chi connectivity index (χ1n) is 6.76. The average Bonchev–Trinajstić information content (AvgIpc) is 2.94. The van der Waals surface area contributed by atoms with Gasteiger partial charge in [0.15, 0.2) is 0 Å². The summed E-state index contributed by atoms with van der Waals surface area (Å²) in [5.41, 5.74) is 6.44. The van der Waals surface area contributed by atoms with Crippen molar-refractivity contribution < 1.29 is 0 Å². The number of nitrogens with zero attached hydrogens (tertiary/aromatic N) is 1. The van der Waals surface area contributed by atoms with E-state index in [1.807, 2.05) is 0 Å². The van der Waals surface area contributed by atoms with Crippen molar-refractivity contribution in [2.45, 2.75) is 57.4 Å². The van der Waals surface area contributed by atoms with Crippen LogP contribution in [0.15, 0.2) is 0 Å². The van der Waals surface area contributed by atoms with Crippen LogP contribution in [0.3, 0.4) is 0 Å². The van der Waals surface area contributed by atoms with E-state index in [1.165, 1.54) is 58.0 Å². The summed E-state index contributed by atoms with van der Waals surface area (Å²) in [6, 6.07) is 0. The van der Waals surface area contributed by atoms with Crippen LogP contribution in [0.1, 0.15) is 51.9 Å². The van der Waals surface area contributed by atoms with Crippen LogP contribution in [-0.2, 0) is 0 Å². The Hall–Kier alpha value is -0.0800. The van der Waals surface area contributed by atoms with E-state index in [1.54, 1.807) is 0 Å². The van der Waals surface area contributed by atoms with Crippen LogP contribution in [0.2, 0.25) is 0 Å². The Bertz CT molecular complexity index is 193. The highest BCUT2D eigenvalue weighted by Crippen LogP contribution is 2.38. The quantitative estimate of drug-likeness (QED) is 0.729. The van der Waals surface area contributed by atoms with Crippen molar-refractivity contribution in [2.24, 2.45) is 11.7 Å². The molecular weight excluding hydrogens is 184 g/mol. The van der Waals surface area contributed by atoms with E-state index in [0.717, 1.165) is 12.5 Å². The Balaban J connectivity index is 1.98. The van der Waals surface area contributed by atoms with Gasteiger partial charge in [0.1, 0.15) is 0 Å². The fourth-order valence-corrected chi connectivity index (χ4v) is 3.09. The molecule has 0 aliphatic heterocycles. The number of rotatable bonds is 6. The van der Waals surface area contributed by atoms with E-state index >= 15 is 0 Å². The minimum absolute atomic E-state index is 0.387. The first kappa shape index (κ1) is 11.4. The zero-order valence-corrected chi connectivity index (χ0v) is 10.2. The first-order chi connectivity index (χ1) is 7.30. The molecule has 2 saturated carbocycles. The maximum absolute atomic E-state index is 6.05. The van der Waals surface area contributed by atoms with Gasteiger partial charge >= 0.3 is 0 Å². The van der Waals surface area contributed by atoms with E-state index in [9.17, 15) is 0 Å². The summed E-state index contributed by atoms with van der Waals surface area (Å²) < 4.78 is 0. The molecule has 2 aliphatic carbocycles. The topological polar surface area (TPSA) is 29.3 Å². The SMILES string of the molecule is CCCN(CC1CC1)C1(CN)CCCC1. The standard InChI is InChI=1S/C13H26N2/c1-2-9-15(10-12-5-6-12)13(11-14)7-3-4-8-13/h12H,2-11,14H2,1H3. The summed E-state index contributed by atoms with van der Waals surface area (Å²) in [4.78, 5) is 2.73. The van der Waals surface area contributed by atoms with Crippen molar-refractivity contribution in [3.63, 3.8) is 0 Å². The van der Waals surface area contributed by atoms with Crippen LogP contribution in [0.5, 0.6) is 0 Å². The average molecular weight is 210 g/mol. The van der Waals surface area contributed by atoms with Crippen LogP contribution < -0.4 is 5.73 Å². The molecule has 15 heavy (non-hydrogen) atoms. The summed E-state index contributed by atoms with van der Waals surface area (Å²) >= 11 is 0. The monoisotopic (exact) mass is 210 g/mol. The molecule has 2 nitrogen and oxygen atoms in total. The molecule has 0 aromatic carbocycles. The minimum Gasteiger partial charge on any atom is -0.329 e. The van der Waals surface area contributed by atoms with Gasteiger partial charge < -0.3 is 5.73 Å². The highest BCUT2D eigenvalue weighted by atomic mass is 15.2. The fourth-order valence-electron chi connectivity index (χ4n) is 3.09. The summed E-state index contributed by atoms with van der Waals surface area (Å²) in [5.74, 6) is 1.00. The zero-order valence-electron chi connectivity index (χ0n) is 10.2. The third kappa shape index (κ3) is 2.54. The fraction of sp³-hybridized carbons (Fsp3) is 1.00. The largest absolute Gasteiger partial charge is 0.329 e. The van der Waals surface area contributed by atoms with Crippen molar-refractivity contribution in [1.82, 2.24) is 4.90 Å². The molecule has 0 aromatic heterocycles. The van der Waals surface area contributed by atoms with E-state index in [4.69, 9.17) is 5.73 Å². The number of nitrogens with two attached hydrogens (primary N) is 1. The molecule has 0 amide bonds. The van der Waals surface area contributed by atoms with Gasteiger partial charge in [0.25, 0.3) is 0 Å². The highest BCUT2D eigenvalue weighted by molar-refractivity contribution is 4.97. The predicted molar refractivity (Wildman–Crippen MR) is 64.8 cm³/mol. The van der Waals surface area contributed by atoms with Gasteiger partial charge in [-0.25, -0.2) is 0 Å². The van der Waals surface area contributed by atoms with E-state index in [2.05, 4.69) is 11.8 Å². The summed E-state index contributed by atoms with van der Waals surface area (Å²) in [6.45, 7) is 5.75. The van der Waals surface area contributed by atoms with Crippen LogP contribution >= 0.6 is 0 Å². The van der Waals surface area contributed by atoms with Crippen LogP contribution in [0.4, 0.5) is 0 Å². The van der Waals surface area contributed by atoms with Gasteiger partial charge in [-0.1, -0.05) is 19.8 Å². The van der Waals surface area contributed by atoms with Crippen molar-refractivity contribution in [2.75, 3.05) is 19.6 Å². The molecular formula is C13H26N2. The number of hydrogen-bond acceptors (Lipinski definition) is 2. The molecule has 2 N–H and O–H groups in total. The van der Waals surface area contributed by atoms with Gasteiger partial charge in [-0.2, -0.15) is 0 Å². The van der Waals surface area contributed by atoms with Gasteiger partial charge in [0.05, 0.1) is 0 Å². The molecule has 2 aliphatic rings. The molecule has 0 heterocycles. The Morgan fingerprint density at radius 2 is 1.93 bits per heavy atom. The van der Waals surface area contributed by atoms with Crippen LogP contribution in [0, 0.1) is 5.92 Å². The third-order valence-corrected chi connectivity index (χ3v) is 4.25. The molecule has 0 aromatic rings. The molecule has 0 atom stereocenters. The maximum Gasteiger partial charge on any atom is 0.0331 e. The zero-order chi connectivity index (χ0) is 10.7. The van der Waals surface area contributed by atoms with Crippen molar-refractivity contribution in [3.8, 4) is 0 Å². The Labute approximate surface area is 94.2 Å². The molecule has 2 heteroatoms. The van der Waals surface area contributed by atoms with Crippen molar-refractivity contribution in [1.29, 1.82) is 0 Å². The van der Waals surface area contributed by atoms with Gasteiger partial charge in [0, 0.05) is 18.6 Å². The van der Waals surface area contributed by atoms with E-state index in [0.29, 0.717) is 5.54 Å². The Morgan fingerprint density at radius 3 is 2.40 bits per heavy atom. The summed E-state index contributed by atoms with van der Waals surface area (Å²) in [6.07, 6.45) is 9.66. The Morgan fingerprint density at radius 1 is 1.27 bits per heavy atom. The molecule has 0 bridgehead atoms. The van der Waals surface area contributed by atoms with Crippen molar-refractivity contribution >= 4 is 0 Å². The lowest BCUT2D eigenvalue weighted by atomic mass is 9.94. The molecule has 0 spiro atoms. The second kappa shape index (κ2) is 4.84. The predicted octanol–water partition coefficient (Wildman–Crippen LogP) is 2.38. The second-order valence-electron chi connectivity index (χ2n) is 5.52. The van der Waals surface area contributed by atoms with Crippen molar-refractivity contribution in [3.05, 3.63) is 0 Å². The van der Waals surface area contributed by atoms with Gasteiger partial charge in [0.2, 0.25) is 0 Å². The molecule has 2 fully saturated rings. The Kier molecular flexibility index (Phi) is 3.68. The van der Waals surface area contributed by atoms with Gasteiger partial charge in [-0.3, -0.25) is 4.90 Å². The van der Waals surface area contributed by atoms with Gasteiger partial charge in [-0.15, -0.1) is 0 Å². The third-order valence-electron chi connectivity index (χ3n) is 4.25. The van der Waals surface area contributed by atoms with E-state index < -0.39 is 0 Å². The van der Waals surface area contributed by atoms with E-state index in [-0.39, 0.29) is 0 Å².